The van der Waals surface area contributed by atoms with Crippen LogP contribution in [0.15, 0.2) is 42.5 Å². The molecule has 2 amide bonds. The van der Waals surface area contributed by atoms with Gasteiger partial charge in [-0.1, -0.05) is 55.5 Å². The molecule has 0 unspecified atom stereocenters. The van der Waals surface area contributed by atoms with Crippen LogP contribution in [-0.4, -0.2) is 27.3 Å². The summed E-state index contributed by atoms with van der Waals surface area (Å²) in [5.41, 5.74) is 2.34. The third-order valence-corrected chi connectivity index (χ3v) is 5.68. The maximum Gasteiger partial charge on any atom is 0.319 e. The number of urea groups is 1. The van der Waals surface area contributed by atoms with Crippen LogP contribution in [0.1, 0.15) is 44.0 Å². The Morgan fingerprint density at radius 1 is 1.00 bits per heavy atom. The number of hydrogen-bond donors (Lipinski definition) is 2. The summed E-state index contributed by atoms with van der Waals surface area (Å²) in [5.74, 6) is 1.38. The summed E-state index contributed by atoms with van der Waals surface area (Å²) >= 11 is 12.4. The molecule has 2 aromatic carbocycles. The number of anilines is 1. The molecule has 0 atom stereocenters. The summed E-state index contributed by atoms with van der Waals surface area (Å²) in [6.45, 7) is 2.84. The molecule has 8 heteroatoms. The summed E-state index contributed by atoms with van der Waals surface area (Å²) in [6.07, 6.45) is 8.14. The van der Waals surface area contributed by atoms with Gasteiger partial charge < -0.3 is 15.2 Å². The lowest BCUT2D eigenvalue weighted by Gasteiger charge is -2.08. The van der Waals surface area contributed by atoms with E-state index in [2.05, 4.69) is 27.8 Å². The summed E-state index contributed by atoms with van der Waals surface area (Å²) in [7, 11) is 1.89. The number of nitrogens with one attached hydrogen (secondary N) is 2. The van der Waals surface area contributed by atoms with Crippen molar-refractivity contribution in [3.63, 3.8) is 0 Å². The number of nitrogens with zero attached hydrogens (tertiary/aromatic N) is 3. The first-order valence-electron chi connectivity index (χ1n) is 10.7. The van der Waals surface area contributed by atoms with Crippen LogP contribution in [0.25, 0.3) is 23.5 Å². The van der Waals surface area contributed by atoms with Crippen LogP contribution in [0.5, 0.6) is 0 Å². The van der Waals surface area contributed by atoms with Crippen LogP contribution < -0.4 is 10.6 Å². The topological polar surface area (TPSA) is 71.8 Å². The molecule has 0 radical (unpaired) electrons. The lowest BCUT2D eigenvalue weighted by Crippen LogP contribution is -2.29. The smallest absolute Gasteiger partial charge is 0.319 e. The molecule has 0 aliphatic heterocycles. The zero-order chi connectivity index (χ0) is 22.9. The van der Waals surface area contributed by atoms with E-state index in [1.165, 1.54) is 12.8 Å². The molecule has 6 nitrogen and oxygen atoms in total. The van der Waals surface area contributed by atoms with Crippen molar-refractivity contribution in [1.82, 2.24) is 20.1 Å². The first kappa shape index (κ1) is 23.8. The Hall–Kier alpha value is -2.83. The predicted octanol–water partition coefficient (Wildman–Crippen LogP) is 6.66. The molecule has 168 valence electrons. The SMILES string of the molecule is CCCCCCNC(=O)Nc1ccc(-c2nnc(/C=C/c3c(Cl)cccc3Cl)n2C)cc1. The first-order chi connectivity index (χ1) is 15.5. The number of rotatable bonds is 9. The lowest BCUT2D eigenvalue weighted by molar-refractivity contribution is 0.252. The maximum atomic E-state index is 12.0. The highest BCUT2D eigenvalue weighted by molar-refractivity contribution is 6.37. The average Bonchev–Trinajstić information content (AvgIpc) is 3.14. The third kappa shape index (κ3) is 6.34. The quantitative estimate of drug-likeness (QED) is 0.342. The number of carbonyl (C=O) groups is 1. The van der Waals surface area contributed by atoms with Gasteiger partial charge in [0.1, 0.15) is 0 Å². The Bertz CT molecular complexity index is 1060. The normalized spacial score (nSPS) is 11.1. The van der Waals surface area contributed by atoms with Crippen molar-refractivity contribution >= 4 is 47.1 Å². The van der Waals surface area contributed by atoms with Crippen molar-refractivity contribution in [3.05, 3.63) is 63.9 Å². The Morgan fingerprint density at radius 2 is 1.72 bits per heavy atom. The average molecular weight is 472 g/mol. The number of halogens is 2. The van der Waals surface area contributed by atoms with Crippen molar-refractivity contribution in [2.24, 2.45) is 7.05 Å². The van der Waals surface area contributed by atoms with Gasteiger partial charge in [-0.25, -0.2) is 4.79 Å². The van der Waals surface area contributed by atoms with Gasteiger partial charge in [0, 0.05) is 40.5 Å². The molecule has 1 heterocycles. The van der Waals surface area contributed by atoms with E-state index in [4.69, 9.17) is 23.2 Å². The van der Waals surface area contributed by atoms with E-state index in [9.17, 15) is 4.79 Å². The second-order valence-corrected chi connectivity index (χ2v) is 8.24. The molecule has 1 aromatic heterocycles. The molecule has 0 saturated carbocycles. The molecule has 0 bridgehead atoms. The second kappa shape index (κ2) is 11.7. The van der Waals surface area contributed by atoms with E-state index in [1.54, 1.807) is 18.2 Å². The van der Waals surface area contributed by atoms with Crippen LogP contribution >= 0.6 is 23.2 Å². The number of carbonyl (C=O) groups excluding carboxylic acids is 1. The fourth-order valence-electron chi connectivity index (χ4n) is 3.20. The number of unbranched alkanes of at least 4 members (excludes halogenated alkanes) is 3. The lowest BCUT2D eigenvalue weighted by atomic mass is 10.2. The van der Waals surface area contributed by atoms with Crippen LogP contribution in [0.4, 0.5) is 10.5 Å². The summed E-state index contributed by atoms with van der Waals surface area (Å²) in [5, 5.41) is 15.4. The Kier molecular flexibility index (Phi) is 8.71. The standard InChI is InChI=1S/C24H27Cl2N5O/c1-3-4-5-6-16-27-24(32)28-18-12-10-17(11-13-18)23-30-29-22(31(23)2)15-14-19-20(25)8-7-9-21(19)26/h7-15H,3-6,16H2,1-2H3,(H2,27,28,32)/b15-14+. The summed E-state index contributed by atoms with van der Waals surface area (Å²) < 4.78 is 1.88. The molecule has 0 spiro atoms. The van der Waals surface area contributed by atoms with Crippen molar-refractivity contribution in [3.8, 4) is 11.4 Å². The fraction of sp³-hybridized carbons (Fsp3) is 0.292. The van der Waals surface area contributed by atoms with Gasteiger partial charge in [-0.2, -0.15) is 0 Å². The van der Waals surface area contributed by atoms with E-state index in [0.717, 1.165) is 29.7 Å². The molecule has 2 N–H and O–H groups in total. The second-order valence-electron chi connectivity index (χ2n) is 7.43. The number of hydrogen-bond acceptors (Lipinski definition) is 3. The van der Waals surface area contributed by atoms with Gasteiger partial charge in [0.15, 0.2) is 11.6 Å². The highest BCUT2D eigenvalue weighted by Crippen LogP contribution is 2.26. The molecule has 3 aromatic rings. The van der Waals surface area contributed by atoms with E-state index < -0.39 is 0 Å². The number of aromatic nitrogens is 3. The molecule has 0 saturated heterocycles. The van der Waals surface area contributed by atoms with E-state index >= 15 is 0 Å². The Labute approximate surface area is 198 Å². The highest BCUT2D eigenvalue weighted by atomic mass is 35.5. The van der Waals surface area contributed by atoms with Gasteiger partial charge in [-0.3, -0.25) is 0 Å². The van der Waals surface area contributed by atoms with Gasteiger partial charge in [-0.05, 0) is 55.0 Å². The Balaban J connectivity index is 1.62. The molecular weight excluding hydrogens is 445 g/mol. The van der Waals surface area contributed by atoms with Crippen molar-refractivity contribution in [2.75, 3.05) is 11.9 Å². The largest absolute Gasteiger partial charge is 0.338 e. The molecule has 32 heavy (non-hydrogen) atoms. The maximum absolute atomic E-state index is 12.0. The van der Waals surface area contributed by atoms with Gasteiger partial charge in [-0.15, -0.1) is 10.2 Å². The summed E-state index contributed by atoms with van der Waals surface area (Å²) in [6, 6.07) is 12.7. The minimum atomic E-state index is -0.196. The zero-order valence-corrected chi connectivity index (χ0v) is 19.7. The number of benzene rings is 2. The van der Waals surface area contributed by atoms with E-state index in [-0.39, 0.29) is 6.03 Å². The molecule has 0 fully saturated rings. The third-order valence-electron chi connectivity index (χ3n) is 5.02. The van der Waals surface area contributed by atoms with Crippen molar-refractivity contribution < 1.29 is 4.79 Å². The van der Waals surface area contributed by atoms with Gasteiger partial charge in [0.2, 0.25) is 0 Å². The van der Waals surface area contributed by atoms with Gasteiger partial charge in [0.05, 0.1) is 0 Å². The molecular formula is C24H27Cl2N5O. The monoisotopic (exact) mass is 471 g/mol. The number of amides is 2. The Morgan fingerprint density at radius 3 is 2.41 bits per heavy atom. The summed E-state index contributed by atoms with van der Waals surface area (Å²) in [4.78, 5) is 12.0. The zero-order valence-electron chi connectivity index (χ0n) is 18.2. The van der Waals surface area contributed by atoms with Gasteiger partial charge >= 0.3 is 6.03 Å². The molecule has 3 rings (SSSR count). The highest BCUT2D eigenvalue weighted by Gasteiger charge is 2.10. The minimum absolute atomic E-state index is 0.196. The predicted molar refractivity (Wildman–Crippen MR) is 133 cm³/mol. The van der Waals surface area contributed by atoms with Gasteiger partial charge in [0.25, 0.3) is 0 Å². The van der Waals surface area contributed by atoms with E-state index in [0.29, 0.717) is 28.2 Å². The van der Waals surface area contributed by atoms with Crippen LogP contribution in [0.2, 0.25) is 10.0 Å². The first-order valence-corrected chi connectivity index (χ1v) is 11.4. The molecule has 0 aliphatic carbocycles. The van der Waals surface area contributed by atoms with Crippen molar-refractivity contribution in [2.45, 2.75) is 32.6 Å². The van der Waals surface area contributed by atoms with Crippen LogP contribution in [0.3, 0.4) is 0 Å². The fourth-order valence-corrected chi connectivity index (χ4v) is 3.72. The molecule has 0 aliphatic rings. The van der Waals surface area contributed by atoms with Crippen molar-refractivity contribution in [1.29, 1.82) is 0 Å². The van der Waals surface area contributed by atoms with E-state index in [1.807, 2.05) is 48.0 Å². The minimum Gasteiger partial charge on any atom is -0.338 e. The van der Waals surface area contributed by atoms with Crippen LogP contribution in [-0.2, 0) is 7.05 Å². The van der Waals surface area contributed by atoms with Crippen LogP contribution in [0, 0.1) is 0 Å².